The van der Waals surface area contributed by atoms with E-state index < -0.39 is 0 Å². The third-order valence-electron chi connectivity index (χ3n) is 2.32. The molecule has 4 heteroatoms. The Morgan fingerprint density at radius 2 is 1.88 bits per heavy atom. The Labute approximate surface area is 99.7 Å². The zero-order valence-corrected chi connectivity index (χ0v) is 9.47. The van der Waals surface area contributed by atoms with Crippen LogP contribution in [0, 0.1) is 0 Å². The number of nitrogens with zero attached hydrogens (tertiary/aromatic N) is 1. The first-order valence-electron chi connectivity index (χ1n) is 5.29. The maximum atomic E-state index is 11.3. The Kier molecular flexibility index (Phi) is 3.35. The van der Waals surface area contributed by atoms with Crippen LogP contribution in [-0.4, -0.2) is 17.9 Å². The van der Waals surface area contributed by atoms with Gasteiger partial charge in [0.15, 0.2) is 0 Å². The van der Waals surface area contributed by atoms with E-state index in [4.69, 9.17) is 0 Å². The number of pyridine rings is 1. The Balaban J connectivity index is 2.11. The number of carbonyl (C=O) groups is 1. The van der Waals surface area contributed by atoms with Gasteiger partial charge in [0.25, 0.3) is 5.91 Å². The molecule has 1 aromatic carbocycles. The molecule has 1 amide bonds. The molecule has 4 nitrogen and oxygen atoms in total. The molecule has 0 aliphatic carbocycles. The van der Waals surface area contributed by atoms with Gasteiger partial charge in [-0.25, -0.2) is 0 Å². The summed E-state index contributed by atoms with van der Waals surface area (Å²) in [5, 5.41) is 5.77. The molecule has 86 valence electrons. The molecule has 2 N–H and O–H groups in total. The van der Waals surface area contributed by atoms with Crippen molar-refractivity contribution in [1.29, 1.82) is 0 Å². The second-order valence-corrected chi connectivity index (χ2v) is 3.52. The predicted molar refractivity (Wildman–Crippen MR) is 67.4 cm³/mol. The van der Waals surface area contributed by atoms with Gasteiger partial charge in [-0.15, -0.1) is 0 Å². The lowest BCUT2D eigenvalue weighted by Crippen LogP contribution is -2.17. The molecular weight excluding hydrogens is 214 g/mol. The van der Waals surface area contributed by atoms with Crippen molar-refractivity contribution in [1.82, 2.24) is 10.3 Å². The average Bonchev–Trinajstić information content (AvgIpc) is 2.40. The van der Waals surface area contributed by atoms with Crippen LogP contribution in [0.3, 0.4) is 0 Å². The summed E-state index contributed by atoms with van der Waals surface area (Å²) in [7, 11) is 1.62. The predicted octanol–water partition coefficient (Wildman–Crippen LogP) is 2.18. The van der Waals surface area contributed by atoms with E-state index in [0.717, 1.165) is 11.4 Å². The fourth-order valence-electron chi connectivity index (χ4n) is 1.45. The van der Waals surface area contributed by atoms with E-state index in [1.807, 2.05) is 24.3 Å². The highest BCUT2D eigenvalue weighted by Gasteiger charge is 2.01. The van der Waals surface area contributed by atoms with E-state index in [9.17, 15) is 4.79 Å². The van der Waals surface area contributed by atoms with Crippen molar-refractivity contribution in [2.75, 3.05) is 12.4 Å². The number of carbonyl (C=O) groups excluding carboxylic acids is 1. The molecule has 0 saturated carbocycles. The number of aromatic nitrogens is 1. The van der Waals surface area contributed by atoms with Crippen molar-refractivity contribution in [2.45, 2.75) is 0 Å². The Morgan fingerprint density at radius 1 is 1.12 bits per heavy atom. The van der Waals surface area contributed by atoms with Crippen LogP contribution < -0.4 is 10.6 Å². The fourth-order valence-corrected chi connectivity index (χ4v) is 1.45. The Morgan fingerprint density at radius 3 is 2.47 bits per heavy atom. The molecule has 1 aromatic heterocycles. The number of anilines is 2. The maximum absolute atomic E-state index is 11.3. The van der Waals surface area contributed by atoms with Gasteiger partial charge in [0.1, 0.15) is 0 Å². The molecule has 1 heterocycles. The third-order valence-corrected chi connectivity index (χ3v) is 2.32. The number of hydrogen-bond acceptors (Lipinski definition) is 3. The summed E-state index contributed by atoms with van der Waals surface area (Å²) in [6.45, 7) is 0. The normalized spacial score (nSPS) is 9.71. The lowest BCUT2D eigenvalue weighted by molar-refractivity contribution is 0.0963. The van der Waals surface area contributed by atoms with Gasteiger partial charge in [0.2, 0.25) is 0 Å². The van der Waals surface area contributed by atoms with Gasteiger partial charge in [0.05, 0.1) is 11.9 Å². The van der Waals surface area contributed by atoms with Crippen LogP contribution >= 0.6 is 0 Å². The minimum Gasteiger partial charge on any atom is -0.355 e. The van der Waals surface area contributed by atoms with Gasteiger partial charge in [-0.05, 0) is 36.4 Å². The number of hydrogen-bond donors (Lipinski definition) is 2. The summed E-state index contributed by atoms with van der Waals surface area (Å²) in [4.78, 5) is 15.4. The number of benzene rings is 1. The number of nitrogens with one attached hydrogen (secondary N) is 2. The molecule has 0 unspecified atom stereocenters. The SMILES string of the molecule is CNC(=O)c1ccc(Nc2cccnc2)cc1. The third kappa shape index (κ3) is 2.81. The Bertz CT molecular complexity index is 494. The van der Waals surface area contributed by atoms with Crippen LogP contribution in [0.5, 0.6) is 0 Å². The molecule has 0 aliphatic rings. The van der Waals surface area contributed by atoms with Crippen molar-refractivity contribution in [3.8, 4) is 0 Å². The first kappa shape index (κ1) is 11.1. The summed E-state index contributed by atoms with van der Waals surface area (Å²) < 4.78 is 0. The van der Waals surface area contributed by atoms with Crippen LogP contribution in [0.15, 0.2) is 48.8 Å². The van der Waals surface area contributed by atoms with Crippen LogP contribution in [0.4, 0.5) is 11.4 Å². The lowest BCUT2D eigenvalue weighted by atomic mass is 10.2. The average molecular weight is 227 g/mol. The van der Waals surface area contributed by atoms with Crippen LogP contribution in [0.25, 0.3) is 0 Å². The Hall–Kier alpha value is -2.36. The molecular formula is C13H13N3O. The largest absolute Gasteiger partial charge is 0.355 e. The summed E-state index contributed by atoms with van der Waals surface area (Å²) >= 11 is 0. The summed E-state index contributed by atoms with van der Waals surface area (Å²) in [6, 6.07) is 11.1. The molecule has 0 saturated heterocycles. The number of amides is 1. The van der Waals surface area contributed by atoms with Crippen molar-refractivity contribution in [3.63, 3.8) is 0 Å². The minimum absolute atomic E-state index is 0.0853. The van der Waals surface area contributed by atoms with Gasteiger partial charge in [-0.2, -0.15) is 0 Å². The van der Waals surface area contributed by atoms with Gasteiger partial charge < -0.3 is 10.6 Å². The van der Waals surface area contributed by atoms with Crippen molar-refractivity contribution < 1.29 is 4.79 Å². The molecule has 17 heavy (non-hydrogen) atoms. The van der Waals surface area contributed by atoms with E-state index in [0.29, 0.717) is 5.56 Å². The zero-order chi connectivity index (χ0) is 12.1. The monoisotopic (exact) mass is 227 g/mol. The topological polar surface area (TPSA) is 54.0 Å². The molecule has 0 aliphatic heterocycles. The van der Waals surface area contributed by atoms with Crippen LogP contribution in [-0.2, 0) is 0 Å². The van der Waals surface area contributed by atoms with Crippen molar-refractivity contribution in [2.24, 2.45) is 0 Å². The molecule has 2 aromatic rings. The molecule has 0 radical (unpaired) electrons. The molecule has 0 spiro atoms. The van der Waals surface area contributed by atoms with E-state index in [-0.39, 0.29) is 5.91 Å². The standard InChI is InChI=1S/C13H13N3O/c1-14-13(17)10-4-6-11(7-5-10)16-12-3-2-8-15-9-12/h2-9,16H,1H3,(H,14,17). The van der Waals surface area contributed by atoms with E-state index in [1.54, 1.807) is 31.6 Å². The summed E-state index contributed by atoms with van der Waals surface area (Å²) in [5.41, 5.74) is 2.48. The first-order valence-corrected chi connectivity index (χ1v) is 5.29. The lowest BCUT2D eigenvalue weighted by Gasteiger charge is -2.06. The quantitative estimate of drug-likeness (QED) is 0.845. The summed E-state index contributed by atoms with van der Waals surface area (Å²) in [5.74, 6) is -0.0853. The molecule has 2 rings (SSSR count). The maximum Gasteiger partial charge on any atom is 0.251 e. The van der Waals surface area contributed by atoms with Crippen LogP contribution in [0.1, 0.15) is 10.4 Å². The minimum atomic E-state index is -0.0853. The number of rotatable bonds is 3. The highest BCUT2D eigenvalue weighted by atomic mass is 16.1. The van der Waals surface area contributed by atoms with Crippen LogP contribution in [0.2, 0.25) is 0 Å². The second-order valence-electron chi connectivity index (χ2n) is 3.52. The van der Waals surface area contributed by atoms with Gasteiger partial charge >= 0.3 is 0 Å². The van der Waals surface area contributed by atoms with E-state index >= 15 is 0 Å². The van der Waals surface area contributed by atoms with E-state index in [1.165, 1.54) is 0 Å². The molecule has 0 fully saturated rings. The van der Waals surface area contributed by atoms with Gasteiger partial charge in [-0.1, -0.05) is 0 Å². The fraction of sp³-hybridized carbons (Fsp3) is 0.0769. The highest BCUT2D eigenvalue weighted by Crippen LogP contribution is 2.15. The van der Waals surface area contributed by atoms with Crippen molar-refractivity contribution in [3.05, 3.63) is 54.4 Å². The van der Waals surface area contributed by atoms with Gasteiger partial charge in [0, 0.05) is 24.5 Å². The molecule has 0 bridgehead atoms. The van der Waals surface area contributed by atoms with Gasteiger partial charge in [-0.3, -0.25) is 9.78 Å². The van der Waals surface area contributed by atoms with Crippen molar-refractivity contribution >= 4 is 17.3 Å². The van der Waals surface area contributed by atoms with E-state index in [2.05, 4.69) is 15.6 Å². The second kappa shape index (κ2) is 5.12. The summed E-state index contributed by atoms with van der Waals surface area (Å²) in [6.07, 6.45) is 3.46. The zero-order valence-electron chi connectivity index (χ0n) is 9.47. The first-order chi connectivity index (χ1) is 8.29. The smallest absolute Gasteiger partial charge is 0.251 e. The highest BCUT2D eigenvalue weighted by molar-refractivity contribution is 5.94. The molecule has 0 atom stereocenters.